The lowest BCUT2D eigenvalue weighted by Gasteiger charge is -2.19. The van der Waals surface area contributed by atoms with Crippen LogP contribution in [0.25, 0.3) is 11.3 Å². The fraction of sp³-hybridized carbons (Fsp3) is 0.273. The number of methoxy groups -OCH3 is 1. The summed E-state index contributed by atoms with van der Waals surface area (Å²) in [6.07, 6.45) is 0. The maximum atomic E-state index is 12.5. The molecule has 1 aliphatic rings. The minimum absolute atomic E-state index is 0.0987. The van der Waals surface area contributed by atoms with Crippen LogP contribution in [0, 0.1) is 12.8 Å². The van der Waals surface area contributed by atoms with Gasteiger partial charge in [-0.15, -0.1) is 0 Å². The summed E-state index contributed by atoms with van der Waals surface area (Å²) < 4.78 is 10.6. The second-order valence-corrected chi connectivity index (χ2v) is 7.19. The average molecular weight is 392 g/mol. The van der Waals surface area contributed by atoms with Gasteiger partial charge in [0.1, 0.15) is 5.75 Å². The van der Waals surface area contributed by atoms with Crippen LogP contribution in [0.15, 0.2) is 59.1 Å². The van der Waals surface area contributed by atoms with E-state index in [0.29, 0.717) is 12.3 Å². The molecule has 0 saturated carbocycles. The van der Waals surface area contributed by atoms with Gasteiger partial charge in [-0.3, -0.25) is 10.2 Å². The first kappa shape index (κ1) is 19.2. The number of amides is 1. The van der Waals surface area contributed by atoms with E-state index in [4.69, 9.17) is 9.26 Å². The van der Waals surface area contributed by atoms with E-state index < -0.39 is 0 Å². The van der Waals surface area contributed by atoms with Crippen molar-refractivity contribution in [3.05, 3.63) is 71.4 Å². The summed E-state index contributed by atoms with van der Waals surface area (Å²) >= 11 is 0. The molecule has 4 rings (SSSR count). The molecule has 1 saturated heterocycles. The van der Waals surface area contributed by atoms with Gasteiger partial charge in [0.05, 0.1) is 13.2 Å². The van der Waals surface area contributed by atoms with Gasteiger partial charge >= 0.3 is 0 Å². The quantitative estimate of drug-likeness (QED) is 0.598. The van der Waals surface area contributed by atoms with Crippen LogP contribution in [0.3, 0.4) is 0 Å². The Kier molecular flexibility index (Phi) is 5.59. The lowest BCUT2D eigenvalue weighted by atomic mass is 9.95. The van der Waals surface area contributed by atoms with Crippen molar-refractivity contribution in [1.82, 2.24) is 21.3 Å². The molecule has 1 fully saturated rings. The average Bonchev–Trinajstić information content (AvgIpc) is 3.42. The number of nitrogens with one attached hydrogen (secondary N) is 3. The lowest BCUT2D eigenvalue weighted by Crippen LogP contribution is -2.33. The van der Waals surface area contributed by atoms with Gasteiger partial charge < -0.3 is 14.6 Å². The highest BCUT2D eigenvalue weighted by molar-refractivity contribution is 5.93. The Morgan fingerprint density at radius 3 is 2.69 bits per heavy atom. The van der Waals surface area contributed by atoms with Crippen molar-refractivity contribution in [3.8, 4) is 17.1 Å². The largest absolute Gasteiger partial charge is 0.497 e. The van der Waals surface area contributed by atoms with E-state index in [-0.39, 0.29) is 23.6 Å². The van der Waals surface area contributed by atoms with E-state index in [0.717, 1.165) is 29.0 Å². The van der Waals surface area contributed by atoms with Gasteiger partial charge in [0, 0.05) is 30.6 Å². The van der Waals surface area contributed by atoms with Gasteiger partial charge in [-0.2, -0.15) is 0 Å². The van der Waals surface area contributed by atoms with E-state index in [2.05, 4.69) is 21.3 Å². The van der Waals surface area contributed by atoms with Crippen LogP contribution < -0.4 is 20.9 Å². The number of nitrogens with zero attached hydrogens (tertiary/aromatic N) is 1. The van der Waals surface area contributed by atoms with Crippen LogP contribution in [0.1, 0.15) is 27.7 Å². The molecule has 2 unspecified atom stereocenters. The predicted molar refractivity (Wildman–Crippen MR) is 109 cm³/mol. The first-order chi connectivity index (χ1) is 14.1. The summed E-state index contributed by atoms with van der Waals surface area (Å²) in [4.78, 5) is 12.5. The first-order valence-electron chi connectivity index (χ1n) is 9.58. The highest BCUT2D eigenvalue weighted by Crippen LogP contribution is 2.26. The molecule has 3 aromatic rings. The third-order valence-electron chi connectivity index (χ3n) is 5.17. The van der Waals surface area contributed by atoms with Crippen LogP contribution in [0.5, 0.6) is 5.75 Å². The SMILES string of the molecule is COc1ccc(C2NNCC2CNC(=O)c2cc(-c3ccc(C)cc3)on2)cc1. The van der Waals surface area contributed by atoms with Gasteiger partial charge in [0.15, 0.2) is 11.5 Å². The normalized spacial score (nSPS) is 18.6. The molecule has 2 heterocycles. The summed E-state index contributed by atoms with van der Waals surface area (Å²) in [5.41, 5.74) is 9.93. The van der Waals surface area contributed by atoms with E-state index in [1.165, 1.54) is 0 Å². The third kappa shape index (κ3) is 4.31. The van der Waals surface area contributed by atoms with E-state index >= 15 is 0 Å². The number of carbonyl (C=O) groups is 1. The highest BCUT2D eigenvalue weighted by Gasteiger charge is 2.29. The Morgan fingerprint density at radius 2 is 1.97 bits per heavy atom. The maximum absolute atomic E-state index is 12.5. The lowest BCUT2D eigenvalue weighted by molar-refractivity contribution is 0.0938. The van der Waals surface area contributed by atoms with Crippen molar-refractivity contribution < 1.29 is 14.1 Å². The molecule has 0 spiro atoms. The van der Waals surface area contributed by atoms with Crippen molar-refractivity contribution in [2.45, 2.75) is 13.0 Å². The molecule has 0 aliphatic carbocycles. The Labute approximate surface area is 169 Å². The standard InChI is InChI=1S/C22H24N4O3/c1-14-3-5-15(6-4-14)20-11-19(26-29-20)22(27)23-12-17-13-24-25-21(17)16-7-9-18(28-2)10-8-16/h3-11,17,21,24-25H,12-13H2,1-2H3,(H,23,27). The van der Waals surface area contributed by atoms with Crippen molar-refractivity contribution >= 4 is 5.91 Å². The molecule has 0 radical (unpaired) electrons. The Morgan fingerprint density at radius 1 is 1.21 bits per heavy atom. The fourth-order valence-corrected chi connectivity index (χ4v) is 3.44. The minimum atomic E-state index is -0.243. The van der Waals surface area contributed by atoms with E-state index in [1.54, 1.807) is 13.2 Å². The van der Waals surface area contributed by atoms with Crippen molar-refractivity contribution in [2.75, 3.05) is 20.2 Å². The monoisotopic (exact) mass is 392 g/mol. The van der Waals surface area contributed by atoms with Gasteiger partial charge in [0.25, 0.3) is 5.91 Å². The summed E-state index contributed by atoms with van der Waals surface area (Å²) in [7, 11) is 1.65. The Hall–Kier alpha value is -3.16. The van der Waals surface area contributed by atoms with Crippen LogP contribution >= 0.6 is 0 Å². The van der Waals surface area contributed by atoms with Crippen molar-refractivity contribution in [1.29, 1.82) is 0 Å². The molecule has 1 aromatic heterocycles. The van der Waals surface area contributed by atoms with Crippen LogP contribution in [0.2, 0.25) is 0 Å². The molecule has 0 bridgehead atoms. The Balaban J connectivity index is 1.38. The molecule has 1 aliphatic heterocycles. The molecule has 2 aromatic carbocycles. The maximum Gasteiger partial charge on any atom is 0.273 e. The number of aryl methyl sites for hydroxylation is 1. The van der Waals surface area contributed by atoms with Gasteiger partial charge in [0.2, 0.25) is 0 Å². The molecular weight excluding hydrogens is 368 g/mol. The summed E-state index contributed by atoms with van der Waals surface area (Å²) in [5.74, 6) is 1.36. The molecule has 1 amide bonds. The summed E-state index contributed by atoms with van der Waals surface area (Å²) in [6, 6.07) is 17.6. The smallest absolute Gasteiger partial charge is 0.273 e. The van der Waals surface area contributed by atoms with Gasteiger partial charge in [-0.1, -0.05) is 47.1 Å². The van der Waals surface area contributed by atoms with Crippen molar-refractivity contribution in [2.24, 2.45) is 5.92 Å². The van der Waals surface area contributed by atoms with Crippen LogP contribution in [-0.4, -0.2) is 31.3 Å². The number of hydrogen-bond donors (Lipinski definition) is 3. The summed E-state index contributed by atoms with van der Waals surface area (Å²) in [6.45, 7) is 3.29. The predicted octanol–water partition coefficient (Wildman–Crippen LogP) is 2.85. The van der Waals surface area contributed by atoms with Crippen molar-refractivity contribution in [3.63, 3.8) is 0 Å². The van der Waals surface area contributed by atoms with E-state index in [9.17, 15) is 4.79 Å². The molecule has 29 heavy (non-hydrogen) atoms. The third-order valence-corrected chi connectivity index (χ3v) is 5.17. The number of carbonyl (C=O) groups excluding carboxylic acids is 1. The number of ether oxygens (including phenoxy) is 1. The molecule has 3 N–H and O–H groups in total. The number of aromatic nitrogens is 1. The zero-order chi connectivity index (χ0) is 20.2. The zero-order valence-corrected chi connectivity index (χ0v) is 16.4. The summed E-state index contributed by atoms with van der Waals surface area (Å²) in [5, 5.41) is 6.90. The first-order valence-corrected chi connectivity index (χ1v) is 9.58. The molecule has 2 atom stereocenters. The number of rotatable bonds is 6. The highest BCUT2D eigenvalue weighted by atomic mass is 16.5. The Bertz CT molecular complexity index is 966. The number of hydrogen-bond acceptors (Lipinski definition) is 6. The topological polar surface area (TPSA) is 88.4 Å². The van der Waals surface area contributed by atoms with E-state index in [1.807, 2.05) is 55.5 Å². The van der Waals surface area contributed by atoms with Gasteiger partial charge in [-0.05, 0) is 24.6 Å². The van der Waals surface area contributed by atoms with Crippen LogP contribution in [0.4, 0.5) is 0 Å². The number of hydrazine groups is 1. The minimum Gasteiger partial charge on any atom is -0.497 e. The molecule has 7 nitrogen and oxygen atoms in total. The fourth-order valence-electron chi connectivity index (χ4n) is 3.44. The molecule has 150 valence electrons. The second kappa shape index (κ2) is 8.46. The molecule has 7 heteroatoms. The van der Waals surface area contributed by atoms with Gasteiger partial charge in [-0.25, -0.2) is 5.43 Å². The van der Waals surface area contributed by atoms with Crippen LogP contribution in [-0.2, 0) is 0 Å². The second-order valence-electron chi connectivity index (χ2n) is 7.19. The molecular formula is C22H24N4O3. The zero-order valence-electron chi connectivity index (χ0n) is 16.4. The number of benzene rings is 2.